The van der Waals surface area contributed by atoms with Gasteiger partial charge in [0.25, 0.3) is 0 Å². The van der Waals surface area contributed by atoms with Crippen molar-refractivity contribution >= 4 is 29.2 Å². The normalized spacial score (nSPS) is 9.92. The molecular formula is C18H19FN4O3. The van der Waals surface area contributed by atoms with Crippen molar-refractivity contribution in [3.05, 3.63) is 59.9 Å². The standard InChI is InChI=1S/C18H19FN4O3/c1-12(24)22-14-7-8-15(19)16(9-14)20-11-17(25)23-18(26)21-10-13-5-3-2-4-6-13/h2-9,20H,10-11H2,1H3,(H,22,24)(H2,21,23,25,26). The number of nitrogens with one attached hydrogen (secondary N) is 4. The van der Waals surface area contributed by atoms with E-state index in [2.05, 4.69) is 21.3 Å². The lowest BCUT2D eigenvalue weighted by Gasteiger charge is -2.10. The summed E-state index contributed by atoms with van der Waals surface area (Å²) >= 11 is 0. The van der Waals surface area contributed by atoms with Gasteiger partial charge in [-0.3, -0.25) is 14.9 Å². The van der Waals surface area contributed by atoms with Crippen LogP contribution in [0.15, 0.2) is 48.5 Å². The number of anilines is 2. The molecule has 0 spiro atoms. The van der Waals surface area contributed by atoms with Gasteiger partial charge < -0.3 is 16.0 Å². The lowest BCUT2D eigenvalue weighted by Crippen LogP contribution is -2.41. The summed E-state index contributed by atoms with van der Waals surface area (Å²) < 4.78 is 13.7. The van der Waals surface area contributed by atoms with Crippen molar-refractivity contribution in [3.8, 4) is 0 Å². The molecule has 0 unspecified atom stereocenters. The van der Waals surface area contributed by atoms with Crippen LogP contribution in [-0.2, 0) is 16.1 Å². The summed E-state index contributed by atoms with van der Waals surface area (Å²) in [6.07, 6.45) is 0. The van der Waals surface area contributed by atoms with Crippen molar-refractivity contribution in [2.75, 3.05) is 17.2 Å². The van der Waals surface area contributed by atoms with Crippen molar-refractivity contribution < 1.29 is 18.8 Å². The first-order valence-corrected chi connectivity index (χ1v) is 7.86. The first-order valence-electron chi connectivity index (χ1n) is 7.86. The monoisotopic (exact) mass is 358 g/mol. The average molecular weight is 358 g/mol. The molecule has 2 aromatic rings. The Hall–Kier alpha value is -3.42. The third-order valence-corrected chi connectivity index (χ3v) is 3.27. The zero-order chi connectivity index (χ0) is 18.9. The van der Waals surface area contributed by atoms with Gasteiger partial charge in [0.15, 0.2) is 0 Å². The van der Waals surface area contributed by atoms with E-state index in [1.165, 1.54) is 19.1 Å². The zero-order valence-electron chi connectivity index (χ0n) is 14.1. The quantitative estimate of drug-likeness (QED) is 0.636. The van der Waals surface area contributed by atoms with Gasteiger partial charge in [-0.2, -0.15) is 0 Å². The maximum atomic E-state index is 13.7. The highest BCUT2D eigenvalue weighted by molar-refractivity contribution is 5.96. The van der Waals surface area contributed by atoms with Gasteiger partial charge in [-0.15, -0.1) is 0 Å². The molecule has 7 nitrogen and oxygen atoms in total. The van der Waals surface area contributed by atoms with Crippen LogP contribution in [0, 0.1) is 5.82 Å². The van der Waals surface area contributed by atoms with Crippen molar-refractivity contribution in [1.82, 2.24) is 10.6 Å². The van der Waals surface area contributed by atoms with Gasteiger partial charge in [-0.25, -0.2) is 9.18 Å². The van der Waals surface area contributed by atoms with Crippen LogP contribution in [0.2, 0.25) is 0 Å². The summed E-state index contributed by atoms with van der Waals surface area (Å²) in [6, 6.07) is 12.5. The van der Waals surface area contributed by atoms with Crippen LogP contribution < -0.4 is 21.3 Å². The van der Waals surface area contributed by atoms with Crippen molar-refractivity contribution in [1.29, 1.82) is 0 Å². The molecule has 136 valence electrons. The summed E-state index contributed by atoms with van der Waals surface area (Å²) in [6.45, 7) is 1.30. The molecule has 2 rings (SSSR count). The maximum absolute atomic E-state index is 13.7. The second-order valence-corrected chi connectivity index (χ2v) is 5.45. The fraction of sp³-hybridized carbons (Fsp3) is 0.167. The van der Waals surface area contributed by atoms with Gasteiger partial charge in [0.2, 0.25) is 11.8 Å². The smallest absolute Gasteiger partial charge is 0.321 e. The minimum Gasteiger partial charge on any atom is -0.374 e. The Labute approximate surface area is 150 Å². The molecule has 2 aromatic carbocycles. The summed E-state index contributed by atoms with van der Waals surface area (Å²) in [5, 5.41) is 9.79. The first kappa shape index (κ1) is 18.9. The second kappa shape index (κ2) is 9.16. The molecule has 0 bridgehead atoms. The molecule has 4 N–H and O–H groups in total. The molecule has 0 atom stereocenters. The molecule has 0 saturated heterocycles. The number of carbonyl (C=O) groups excluding carboxylic acids is 3. The second-order valence-electron chi connectivity index (χ2n) is 5.45. The molecule has 0 saturated carbocycles. The molecule has 8 heteroatoms. The zero-order valence-corrected chi connectivity index (χ0v) is 14.1. The van der Waals surface area contributed by atoms with Gasteiger partial charge in [0.1, 0.15) is 5.82 Å². The Morgan fingerprint density at radius 1 is 1.04 bits per heavy atom. The molecule has 0 aliphatic rings. The lowest BCUT2D eigenvalue weighted by molar-refractivity contribution is -0.118. The van der Waals surface area contributed by atoms with Crippen LogP contribution in [0.3, 0.4) is 0 Å². The number of hydrogen-bond donors (Lipinski definition) is 4. The number of benzene rings is 2. The van der Waals surface area contributed by atoms with Gasteiger partial charge in [-0.05, 0) is 23.8 Å². The highest BCUT2D eigenvalue weighted by Crippen LogP contribution is 2.19. The van der Waals surface area contributed by atoms with Crippen molar-refractivity contribution in [2.45, 2.75) is 13.5 Å². The van der Waals surface area contributed by atoms with E-state index in [0.29, 0.717) is 5.69 Å². The van der Waals surface area contributed by atoms with Gasteiger partial charge in [-0.1, -0.05) is 30.3 Å². The Kier molecular flexibility index (Phi) is 6.67. The number of amides is 4. The van der Waals surface area contributed by atoms with E-state index in [4.69, 9.17) is 0 Å². The average Bonchev–Trinajstić information content (AvgIpc) is 2.61. The molecule has 0 heterocycles. The highest BCUT2D eigenvalue weighted by atomic mass is 19.1. The summed E-state index contributed by atoms with van der Waals surface area (Å²) in [5.41, 5.74) is 1.32. The molecule has 4 amide bonds. The summed E-state index contributed by atoms with van der Waals surface area (Å²) in [5.74, 6) is -1.50. The summed E-state index contributed by atoms with van der Waals surface area (Å²) in [4.78, 5) is 34.5. The third-order valence-electron chi connectivity index (χ3n) is 3.27. The van der Waals surface area contributed by atoms with E-state index < -0.39 is 17.8 Å². The number of rotatable bonds is 6. The fourth-order valence-electron chi connectivity index (χ4n) is 2.11. The van der Waals surface area contributed by atoms with Crippen LogP contribution >= 0.6 is 0 Å². The Balaban J connectivity index is 1.81. The van der Waals surface area contributed by atoms with Crippen LogP contribution in [0.25, 0.3) is 0 Å². The van der Waals surface area contributed by atoms with E-state index in [1.807, 2.05) is 30.3 Å². The minimum atomic E-state index is -0.645. The minimum absolute atomic E-state index is 0.0380. The Bertz CT molecular complexity index is 796. The topological polar surface area (TPSA) is 99.3 Å². The number of halogens is 1. The Morgan fingerprint density at radius 2 is 1.77 bits per heavy atom. The van der Waals surface area contributed by atoms with Crippen molar-refractivity contribution in [2.24, 2.45) is 0 Å². The molecule has 0 fully saturated rings. The third kappa shape index (κ3) is 6.23. The fourth-order valence-corrected chi connectivity index (χ4v) is 2.11. The van der Waals surface area contributed by atoms with E-state index in [0.717, 1.165) is 11.6 Å². The molecule has 0 aliphatic carbocycles. The number of urea groups is 1. The predicted molar refractivity (Wildman–Crippen MR) is 96.0 cm³/mol. The number of imide groups is 1. The van der Waals surface area contributed by atoms with E-state index in [9.17, 15) is 18.8 Å². The molecule has 0 aliphatic heterocycles. The molecule has 0 radical (unpaired) electrons. The molecule has 26 heavy (non-hydrogen) atoms. The molecular weight excluding hydrogens is 339 g/mol. The van der Waals surface area contributed by atoms with Crippen LogP contribution in [0.4, 0.5) is 20.6 Å². The highest BCUT2D eigenvalue weighted by Gasteiger charge is 2.10. The van der Waals surface area contributed by atoms with Gasteiger partial charge in [0, 0.05) is 19.2 Å². The van der Waals surface area contributed by atoms with Crippen LogP contribution in [0.5, 0.6) is 0 Å². The van der Waals surface area contributed by atoms with E-state index in [1.54, 1.807) is 0 Å². The lowest BCUT2D eigenvalue weighted by atomic mass is 10.2. The predicted octanol–water partition coefficient (Wildman–Crippen LogP) is 2.22. The number of carbonyl (C=O) groups is 3. The largest absolute Gasteiger partial charge is 0.374 e. The van der Waals surface area contributed by atoms with Gasteiger partial charge in [0.05, 0.1) is 12.2 Å². The van der Waals surface area contributed by atoms with Crippen LogP contribution in [0.1, 0.15) is 12.5 Å². The van der Waals surface area contributed by atoms with Gasteiger partial charge >= 0.3 is 6.03 Å². The van der Waals surface area contributed by atoms with Crippen LogP contribution in [-0.4, -0.2) is 24.4 Å². The number of hydrogen-bond acceptors (Lipinski definition) is 4. The first-order chi connectivity index (χ1) is 12.4. The maximum Gasteiger partial charge on any atom is 0.321 e. The SMILES string of the molecule is CC(=O)Nc1ccc(F)c(NCC(=O)NC(=O)NCc2ccccc2)c1. The van der Waals surface area contributed by atoms with E-state index >= 15 is 0 Å². The van der Waals surface area contributed by atoms with Crippen molar-refractivity contribution in [3.63, 3.8) is 0 Å². The molecule has 0 aromatic heterocycles. The van der Waals surface area contributed by atoms with E-state index in [-0.39, 0.29) is 24.7 Å². The summed E-state index contributed by atoms with van der Waals surface area (Å²) in [7, 11) is 0. The Morgan fingerprint density at radius 3 is 2.46 bits per heavy atom.